The summed E-state index contributed by atoms with van der Waals surface area (Å²) in [5, 5.41) is 10.2. The summed E-state index contributed by atoms with van der Waals surface area (Å²) in [4.78, 5) is 30.9. The lowest BCUT2D eigenvalue weighted by Crippen LogP contribution is -2.15. The number of nitrogens with zero attached hydrogens (tertiary/aromatic N) is 6. The van der Waals surface area contributed by atoms with Crippen molar-refractivity contribution < 1.29 is 36.6 Å². The fourth-order valence-electron chi connectivity index (χ4n) is 4.48. The summed E-state index contributed by atoms with van der Waals surface area (Å²) in [5.74, 6) is -3.35. The van der Waals surface area contributed by atoms with Gasteiger partial charge in [-0.05, 0) is 72.5 Å². The highest BCUT2D eigenvalue weighted by molar-refractivity contribution is 6.31. The average Bonchev–Trinajstić information content (AvgIpc) is 3.98. The van der Waals surface area contributed by atoms with E-state index >= 15 is 0 Å². The fraction of sp³-hybridized carbons (Fsp3) is 0.189. The molecule has 1 amide bonds. The molecule has 0 aliphatic carbocycles. The van der Waals surface area contributed by atoms with Crippen molar-refractivity contribution in [3.05, 3.63) is 154 Å². The predicted octanol–water partition coefficient (Wildman–Crippen LogP) is 7.62. The van der Waals surface area contributed by atoms with Crippen molar-refractivity contribution >= 4 is 46.5 Å². The van der Waals surface area contributed by atoms with E-state index in [1.165, 1.54) is 96.6 Å². The molecule has 0 saturated carbocycles. The first-order chi connectivity index (χ1) is 26.4. The van der Waals surface area contributed by atoms with Crippen LogP contribution in [0.15, 0.2) is 97.6 Å². The Bertz CT molecular complexity index is 2160. The van der Waals surface area contributed by atoms with Crippen molar-refractivity contribution in [1.82, 2.24) is 29.5 Å². The zero-order valence-electron chi connectivity index (χ0n) is 29.1. The minimum Gasteiger partial charge on any atom is -0.463 e. The predicted molar refractivity (Wildman–Crippen MR) is 198 cm³/mol. The van der Waals surface area contributed by atoms with E-state index in [0.717, 1.165) is 18.8 Å². The van der Waals surface area contributed by atoms with Crippen LogP contribution in [0.1, 0.15) is 45.2 Å². The van der Waals surface area contributed by atoms with Gasteiger partial charge in [0.2, 0.25) is 5.82 Å². The monoisotopic (exact) mass is 800 g/mol. The van der Waals surface area contributed by atoms with Crippen LogP contribution in [-0.2, 0) is 22.6 Å². The third-order valence-corrected chi connectivity index (χ3v) is 7.70. The molecular weight excluding hydrogens is 767 g/mol. The Morgan fingerprint density at radius 2 is 1.27 bits per heavy atom. The molecule has 0 spiro atoms. The maximum Gasteiger partial charge on any atom is 0.377 e. The van der Waals surface area contributed by atoms with Crippen molar-refractivity contribution in [3.63, 3.8) is 0 Å². The van der Waals surface area contributed by atoms with Crippen LogP contribution in [-0.4, -0.2) is 61.7 Å². The molecule has 7 rings (SSSR count). The van der Waals surface area contributed by atoms with Gasteiger partial charge in [-0.3, -0.25) is 4.79 Å². The number of rotatable bonds is 7. The zero-order chi connectivity index (χ0) is 39.7. The molecule has 0 atom stereocenters. The van der Waals surface area contributed by atoms with E-state index in [4.69, 9.17) is 33.7 Å². The molecule has 55 heavy (non-hydrogen) atoms. The second-order valence-electron chi connectivity index (χ2n) is 11.3. The lowest BCUT2D eigenvalue weighted by Gasteiger charge is -2.05. The molecule has 6 aromatic rings. The summed E-state index contributed by atoms with van der Waals surface area (Å²) < 4.78 is 64.6. The number of carbonyl (C=O) groups is 2. The number of benzene rings is 4. The summed E-state index contributed by atoms with van der Waals surface area (Å²) >= 11 is 11.0. The minimum absolute atomic E-state index is 0.0103. The number of anilines is 2. The largest absolute Gasteiger partial charge is 0.463 e. The third-order valence-electron chi connectivity index (χ3n) is 7.12. The van der Waals surface area contributed by atoms with Gasteiger partial charge in [-0.1, -0.05) is 59.6 Å². The number of esters is 1. The molecule has 2 aromatic heterocycles. The number of ether oxygens (including phenoxy) is 2. The van der Waals surface area contributed by atoms with Crippen molar-refractivity contribution in [3.8, 4) is 0 Å². The Morgan fingerprint density at radius 3 is 1.76 bits per heavy atom. The molecule has 0 unspecified atom stereocenters. The van der Waals surface area contributed by atoms with Gasteiger partial charge in [0.25, 0.3) is 11.7 Å². The Labute approximate surface area is 322 Å². The lowest BCUT2D eigenvalue weighted by molar-refractivity contribution is 0.0586. The molecule has 3 heterocycles. The highest BCUT2D eigenvalue weighted by atomic mass is 35.5. The van der Waals surface area contributed by atoms with Crippen LogP contribution in [0.25, 0.3) is 0 Å². The van der Waals surface area contributed by atoms with Crippen molar-refractivity contribution in [1.29, 1.82) is 0 Å². The molecule has 4 aromatic carbocycles. The van der Waals surface area contributed by atoms with Crippen LogP contribution in [0, 0.1) is 23.3 Å². The standard InChI is InChI=1S/C16H11ClF2N4O.C11H10FN3O2.C6H5ClFN.C4H8O/c17-12-5-2-6-13(14(12)19)21-16(24)15-20-9-23(22-15)8-10-3-1-4-11(18)7-10;1-17-11(16)10-13-7-15(14-10)6-8-3-2-4-9(12)5-8;7-4-2-1-3-5(9)6(4)8;1-2-4-5-3-1/h1-7,9H,8H2,(H,21,24);2-5,7H,6H2,1H3;1-3H,9H2;1-4H2. The third kappa shape index (κ3) is 13.5. The molecule has 0 radical (unpaired) electrons. The topological polar surface area (TPSA) is 152 Å². The van der Waals surface area contributed by atoms with Gasteiger partial charge in [0.1, 0.15) is 24.3 Å². The Hall–Kier alpha value is -5.84. The molecule has 3 N–H and O–H groups in total. The lowest BCUT2D eigenvalue weighted by atomic mass is 10.2. The number of halogens is 6. The first kappa shape index (κ1) is 41.9. The van der Waals surface area contributed by atoms with Crippen LogP contribution >= 0.6 is 23.2 Å². The van der Waals surface area contributed by atoms with Crippen LogP contribution < -0.4 is 11.1 Å². The number of amides is 1. The van der Waals surface area contributed by atoms with Gasteiger partial charge in [-0.2, -0.15) is 0 Å². The molecule has 1 fully saturated rings. The first-order valence-electron chi connectivity index (χ1n) is 16.3. The summed E-state index contributed by atoms with van der Waals surface area (Å²) in [6.07, 6.45) is 5.30. The highest BCUT2D eigenvalue weighted by Crippen LogP contribution is 2.22. The molecule has 1 aliphatic rings. The molecule has 0 bridgehead atoms. The van der Waals surface area contributed by atoms with E-state index in [0.29, 0.717) is 12.1 Å². The molecule has 12 nitrogen and oxygen atoms in total. The number of methoxy groups -OCH3 is 1. The van der Waals surface area contributed by atoms with Gasteiger partial charge in [0.05, 0.1) is 41.6 Å². The summed E-state index contributed by atoms with van der Waals surface area (Å²) in [6.45, 7) is 2.60. The molecule has 18 heteroatoms. The van der Waals surface area contributed by atoms with E-state index in [2.05, 4.69) is 30.2 Å². The number of hydrogen-bond donors (Lipinski definition) is 2. The van der Waals surface area contributed by atoms with Gasteiger partial charge >= 0.3 is 5.97 Å². The van der Waals surface area contributed by atoms with Crippen LogP contribution in [0.4, 0.5) is 28.9 Å². The van der Waals surface area contributed by atoms with Gasteiger partial charge in [-0.25, -0.2) is 41.7 Å². The van der Waals surface area contributed by atoms with Gasteiger partial charge in [-0.15, -0.1) is 10.2 Å². The van der Waals surface area contributed by atoms with Crippen molar-refractivity contribution in [2.24, 2.45) is 0 Å². The quantitative estimate of drug-likeness (QED) is 0.0944. The van der Waals surface area contributed by atoms with Crippen molar-refractivity contribution in [2.75, 3.05) is 31.4 Å². The zero-order valence-corrected chi connectivity index (χ0v) is 30.7. The Morgan fingerprint density at radius 1 is 0.764 bits per heavy atom. The Balaban J connectivity index is 0.000000187. The maximum absolute atomic E-state index is 13.8. The number of nitrogens with one attached hydrogen (secondary N) is 1. The second-order valence-corrected chi connectivity index (χ2v) is 12.1. The SMILES string of the molecule is C1CCOC1.COC(=O)c1ncn(Cc2cccc(F)c2)n1.Nc1cccc(Cl)c1F.O=C(Nc1cccc(Cl)c1F)c1ncn(Cc2cccc(F)c2)n1. The summed E-state index contributed by atoms with van der Waals surface area (Å²) in [6, 6.07) is 20.9. The number of carbonyl (C=O) groups excluding carboxylic acids is 2. The van der Waals surface area contributed by atoms with Gasteiger partial charge in [0, 0.05) is 13.2 Å². The minimum atomic E-state index is -0.730. The average molecular weight is 802 g/mol. The van der Waals surface area contributed by atoms with E-state index in [1.807, 2.05) is 0 Å². The smallest absolute Gasteiger partial charge is 0.377 e. The normalized spacial score (nSPS) is 11.5. The highest BCUT2D eigenvalue weighted by Gasteiger charge is 2.15. The van der Waals surface area contributed by atoms with Crippen LogP contribution in [0.2, 0.25) is 10.0 Å². The number of aromatic nitrogens is 6. The van der Waals surface area contributed by atoms with Crippen LogP contribution in [0.5, 0.6) is 0 Å². The maximum atomic E-state index is 13.8. The van der Waals surface area contributed by atoms with E-state index < -0.39 is 23.5 Å². The molecular formula is C37H34Cl2F4N8O4. The second kappa shape index (κ2) is 21.2. The Kier molecular flexibility index (Phi) is 16.1. The molecule has 1 aliphatic heterocycles. The number of hydrogen-bond acceptors (Lipinski definition) is 9. The fourth-order valence-corrected chi connectivity index (χ4v) is 4.84. The molecule has 288 valence electrons. The first-order valence-corrected chi connectivity index (χ1v) is 17.1. The summed E-state index contributed by atoms with van der Waals surface area (Å²) in [5.41, 5.74) is 6.60. The summed E-state index contributed by atoms with van der Waals surface area (Å²) in [7, 11) is 1.26. The van der Waals surface area contributed by atoms with E-state index in [1.54, 1.807) is 30.3 Å². The van der Waals surface area contributed by atoms with Gasteiger partial charge < -0.3 is 20.5 Å². The number of nitrogens with two attached hydrogens (primary N) is 1. The van der Waals surface area contributed by atoms with Gasteiger partial charge in [0.15, 0.2) is 11.6 Å². The van der Waals surface area contributed by atoms with E-state index in [-0.39, 0.29) is 51.2 Å². The van der Waals surface area contributed by atoms with E-state index in [9.17, 15) is 27.2 Å². The number of nitrogen functional groups attached to an aromatic ring is 1. The molecule has 1 saturated heterocycles. The van der Waals surface area contributed by atoms with Crippen LogP contribution in [0.3, 0.4) is 0 Å². The van der Waals surface area contributed by atoms with Crippen molar-refractivity contribution in [2.45, 2.75) is 25.9 Å².